The number of aliphatic hydroxyl groups excluding tert-OH is 1. The van der Waals surface area contributed by atoms with Gasteiger partial charge < -0.3 is 9.84 Å². The highest BCUT2D eigenvalue weighted by Gasteiger charge is 2.03. The number of terminal acetylenes is 1. The quantitative estimate of drug-likeness (QED) is 0.396. The summed E-state index contributed by atoms with van der Waals surface area (Å²) in [7, 11) is 0. The number of aliphatic hydroxyl groups is 1. The Kier molecular flexibility index (Phi) is 7.03. The zero-order valence-electron chi connectivity index (χ0n) is 9.63. The predicted molar refractivity (Wildman–Crippen MR) is 64.9 cm³/mol. The van der Waals surface area contributed by atoms with Gasteiger partial charge in [0.05, 0.1) is 19.3 Å². The van der Waals surface area contributed by atoms with Gasteiger partial charge in [0.15, 0.2) is 0 Å². The Balaban J connectivity index is 2.04. The number of hydroxylamine groups is 1. The lowest BCUT2D eigenvalue weighted by Crippen LogP contribution is -2.30. The number of benzene rings is 1. The third kappa shape index (κ3) is 6.72. The third-order valence-electron chi connectivity index (χ3n) is 2.00. The lowest BCUT2D eigenvalue weighted by atomic mass is 10.2. The van der Waals surface area contributed by atoms with Crippen LogP contribution >= 0.6 is 0 Å². The van der Waals surface area contributed by atoms with Crippen molar-refractivity contribution in [2.45, 2.75) is 12.7 Å². The van der Waals surface area contributed by atoms with Crippen molar-refractivity contribution in [3.05, 3.63) is 35.9 Å². The summed E-state index contributed by atoms with van der Waals surface area (Å²) in [4.78, 5) is 4.82. The largest absolute Gasteiger partial charge is 0.389 e. The van der Waals surface area contributed by atoms with Crippen LogP contribution in [0, 0.1) is 12.3 Å². The Hall–Kier alpha value is -1.38. The van der Waals surface area contributed by atoms with Crippen molar-refractivity contribution >= 4 is 0 Å². The van der Waals surface area contributed by atoms with E-state index in [2.05, 4.69) is 11.4 Å². The van der Waals surface area contributed by atoms with Gasteiger partial charge in [-0.1, -0.05) is 36.3 Å². The van der Waals surface area contributed by atoms with E-state index in [0.717, 1.165) is 5.56 Å². The summed E-state index contributed by atoms with van der Waals surface area (Å²) < 4.78 is 5.35. The van der Waals surface area contributed by atoms with E-state index in [1.807, 2.05) is 30.3 Å². The minimum absolute atomic E-state index is 0.178. The molecule has 0 saturated carbocycles. The molecular weight excluding hydrogens is 218 g/mol. The first kappa shape index (κ1) is 13.7. The molecule has 1 unspecified atom stereocenters. The van der Waals surface area contributed by atoms with Gasteiger partial charge in [0.25, 0.3) is 0 Å². The van der Waals surface area contributed by atoms with E-state index in [1.165, 1.54) is 0 Å². The maximum Gasteiger partial charge on any atom is 0.128 e. The van der Waals surface area contributed by atoms with E-state index in [-0.39, 0.29) is 19.8 Å². The molecule has 0 spiro atoms. The molecule has 0 saturated heterocycles. The maximum absolute atomic E-state index is 9.51. The van der Waals surface area contributed by atoms with Crippen LogP contribution in [0.15, 0.2) is 30.3 Å². The minimum atomic E-state index is -0.614. The molecule has 0 aliphatic heterocycles. The standard InChI is InChI=1S/C13H17NO3/c1-2-8-17-14-9-13(15)11-16-10-12-6-4-3-5-7-12/h1,3-7,13-15H,8-11H2. The van der Waals surface area contributed by atoms with Gasteiger partial charge >= 0.3 is 0 Å². The molecule has 0 bridgehead atoms. The molecule has 1 aromatic rings. The second kappa shape index (κ2) is 8.74. The molecular formula is C13H17NO3. The zero-order chi connectivity index (χ0) is 12.3. The monoisotopic (exact) mass is 235 g/mol. The zero-order valence-corrected chi connectivity index (χ0v) is 9.63. The smallest absolute Gasteiger partial charge is 0.128 e. The third-order valence-corrected chi connectivity index (χ3v) is 2.00. The molecule has 0 amide bonds. The van der Waals surface area contributed by atoms with Crippen LogP contribution in [-0.4, -0.2) is 31.0 Å². The fourth-order valence-corrected chi connectivity index (χ4v) is 1.19. The average molecular weight is 235 g/mol. The molecule has 0 heterocycles. The first-order chi connectivity index (χ1) is 8.33. The first-order valence-corrected chi connectivity index (χ1v) is 5.40. The van der Waals surface area contributed by atoms with Crippen LogP contribution in [0.25, 0.3) is 0 Å². The van der Waals surface area contributed by atoms with Crippen molar-refractivity contribution in [3.63, 3.8) is 0 Å². The Morgan fingerprint density at radius 3 is 2.82 bits per heavy atom. The number of rotatable bonds is 8. The summed E-state index contributed by atoms with van der Waals surface area (Å²) in [5.41, 5.74) is 3.64. The van der Waals surface area contributed by atoms with Crippen molar-refractivity contribution in [1.29, 1.82) is 0 Å². The van der Waals surface area contributed by atoms with Gasteiger partial charge in [-0.3, -0.25) is 4.84 Å². The van der Waals surface area contributed by atoms with Gasteiger partial charge in [0, 0.05) is 6.54 Å². The molecule has 17 heavy (non-hydrogen) atoms. The molecule has 0 aliphatic carbocycles. The highest BCUT2D eigenvalue weighted by atomic mass is 16.6. The fourth-order valence-electron chi connectivity index (χ4n) is 1.19. The molecule has 2 N–H and O–H groups in total. The number of nitrogens with one attached hydrogen (secondary N) is 1. The Bertz CT molecular complexity index is 334. The summed E-state index contributed by atoms with van der Waals surface area (Å²) in [5.74, 6) is 2.31. The predicted octanol–water partition coefficient (Wildman–Crippen LogP) is 0.718. The average Bonchev–Trinajstić information content (AvgIpc) is 2.36. The van der Waals surface area contributed by atoms with E-state index >= 15 is 0 Å². The van der Waals surface area contributed by atoms with E-state index < -0.39 is 6.10 Å². The van der Waals surface area contributed by atoms with Crippen LogP contribution in [0.2, 0.25) is 0 Å². The highest BCUT2D eigenvalue weighted by molar-refractivity contribution is 5.13. The summed E-state index contributed by atoms with van der Waals surface area (Å²) in [6.07, 6.45) is 4.37. The molecule has 0 aliphatic rings. The van der Waals surface area contributed by atoms with Crippen LogP contribution in [0.5, 0.6) is 0 Å². The molecule has 0 radical (unpaired) electrons. The summed E-state index contributed by atoms with van der Waals surface area (Å²) in [5, 5.41) is 9.51. The fraction of sp³-hybridized carbons (Fsp3) is 0.385. The van der Waals surface area contributed by atoms with Crippen molar-refractivity contribution in [2.75, 3.05) is 19.8 Å². The second-order valence-corrected chi connectivity index (χ2v) is 3.50. The first-order valence-electron chi connectivity index (χ1n) is 5.40. The van der Waals surface area contributed by atoms with Crippen molar-refractivity contribution in [2.24, 2.45) is 0 Å². The Morgan fingerprint density at radius 1 is 1.35 bits per heavy atom. The van der Waals surface area contributed by atoms with E-state index in [0.29, 0.717) is 6.61 Å². The minimum Gasteiger partial charge on any atom is -0.389 e. The maximum atomic E-state index is 9.51. The molecule has 1 atom stereocenters. The molecule has 4 heteroatoms. The lowest BCUT2D eigenvalue weighted by Gasteiger charge is -2.11. The molecule has 1 aromatic carbocycles. The van der Waals surface area contributed by atoms with Gasteiger partial charge in [-0.2, -0.15) is 5.48 Å². The van der Waals surface area contributed by atoms with Crippen LogP contribution in [-0.2, 0) is 16.2 Å². The van der Waals surface area contributed by atoms with Gasteiger partial charge in [-0.25, -0.2) is 0 Å². The SMILES string of the molecule is C#CCONCC(O)COCc1ccccc1. The van der Waals surface area contributed by atoms with Gasteiger partial charge in [0.2, 0.25) is 0 Å². The van der Waals surface area contributed by atoms with Crippen LogP contribution in [0.3, 0.4) is 0 Å². The number of hydrogen-bond donors (Lipinski definition) is 2. The van der Waals surface area contributed by atoms with Gasteiger partial charge in [-0.15, -0.1) is 6.42 Å². The molecule has 4 nitrogen and oxygen atoms in total. The molecule has 0 fully saturated rings. The topological polar surface area (TPSA) is 50.7 Å². The van der Waals surface area contributed by atoms with E-state index in [9.17, 15) is 5.11 Å². The van der Waals surface area contributed by atoms with E-state index in [4.69, 9.17) is 16.0 Å². The summed E-state index contributed by atoms with van der Waals surface area (Å²) in [6, 6.07) is 9.79. The number of ether oxygens (including phenoxy) is 1. The summed E-state index contributed by atoms with van der Waals surface area (Å²) >= 11 is 0. The van der Waals surface area contributed by atoms with Crippen LogP contribution in [0.4, 0.5) is 0 Å². The second-order valence-electron chi connectivity index (χ2n) is 3.50. The van der Waals surface area contributed by atoms with Crippen molar-refractivity contribution < 1.29 is 14.7 Å². The van der Waals surface area contributed by atoms with Crippen molar-refractivity contribution in [3.8, 4) is 12.3 Å². The van der Waals surface area contributed by atoms with E-state index in [1.54, 1.807) is 0 Å². The molecule has 0 aromatic heterocycles. The van der Waals surface area contributed by atoms with Crippen LogP contribution in [0.1, 0.15) is 5.56 Å². The highest BCUT2D eigenvalue weighted by Crippen LogP contribution is 2.00. The van der Waals surface area contributed by atoms with Gasteiger partial charge in [-0.05, 0) is 5.56 Å². The normalized spacial score (nSPS) is 12.0. The lowest BCUT2D eigenvalue weighted by molar-refractivity contribution is -0.00966. The van der Waals surface area contributed by atoms with Gasteiger partial charge in [0.1, 0.15) is 6.61 Å². The molecule has 1 rings (SSSR count). The Morgan fingerprint density at radius 2 is 2.12 bits per heavy atom. The summed E-state index contributed by atoms with van der Waals surface area (Å²) in [6.45, 7) is 1.21. The van der Waals surface area contributed by atoms with Crippen LogP contribution < -0.4 is 5.48 Å². The molecule has 92 valence electrons. The Labute approximate surface area is 102 Å². The number of hydrogen-bond acceptors (Lipinski definition) is 4. The van der Waals surface area contributed by atoms with Crippen molar-refractivity contribution in [1.82, 2.24) is 5.48 Å².